The van der Waals surface area contributed by atoms with Gasteiger partial charge in [-0.1, -0.05) is 59.7 Å². The lowest BCUT2D eigenvalue weighted by Gasteiger charge is -2.16. The van der Waals surface area contributed by atoms with Gasteiger partial charge in [-0.15, -0.1) is 0 Å². The number of hydrogen-bond acceptors (Lipinski definition) is 2. The van der Waals surface area contributed by atoms with E-state index in [1.165, 1.54) is 22.3 Å². The zero-order valence-electron chi connectivity index (χ0n) is 15.0. The molecule has 3 rings (SSSR count). The fourth-order valence-electron chi connectivity index (χ4n) is 2.58. The Morgan fingerprint density at radius 1 is 0.680 bits per heavy atom. The third-order valence-electron chi connectivity index (χ3n) is 4.21. The fourth-order valence-corrected chi connectivity index (χ4v) is 2.58. The maximum Gasteiger partial charge on any atom is 0.121 e. The number of aryl methyl sites for hydroxylation is 2. The van der Waals surface area contributed by atoms with Crippen LogP contribution >= 0.6 is 0 Å². The summed E-state index contributed by atoms with van der Waals surface area (Å²) in [5.41, 5.74) is 4.85. The minimum absolute atomic E-state index is 0.0138. The van der Waals surface area contributed by atoms with Crippen LogP contribution in [0.2, 0.25) is 0 Å². The molecule has 0 aliphatic heterocycles. The lowest BCUT2D eigenvalue weighted by atomic mass is 10.1. The van der Waals surface area contributed by atoms with Crippen molar-refractivity contribution in [3.8, 4) is 11.5 Å². The average Bonchev–Trinajstić information content (AvgIpc) is 2.63. The first-order valence-electron chi connectivity index (χ1n) is 8.62. The highest BCUT2D eigenvalue weighted by molar-refractivity contribution is 5.33. The molecule has 3 aromatic carbocycles. The van der Waals surface area contributed by atoms with Gasteiger partial charge in [0.1, 0.15) is 24.2 Å². The second-order valence-corrected chi connectivity index (χ2v) is 6.42. The van der Waals surface area contributed by atoms with Gasteiger partial charge in [0.2, 0.25) is 0 Å². The highest BCUT2D eigenvalue weighted by Gasteiger charge is 2.07. The zero-order valence-corrected chi connectivity index (χ0v) is 15.0. The summed E-state index contributed by atoms with van der Waals surface area (Å²) < 4.78 is 11.8. The van der Waals surface area contributed by atoms with E-state index in [0.29, 0.717) is 6.61 Å². The Labute approximate surface area is 150 Å². The molecule has 0 saturated carbocycles. The Morgan fingerprint density at radius 3 is 1.80 bits per heavy atom. The quantitative estimate of drug-likeness (QED) is 0.549. The average molecular weight is 332 g/mol. The van der Waals surface area contributed by atoms with E-state index in [0.717, 1.165) is 11.5 Å². The summed E-state index contributed by atoms with van der Waals surface area (Å²) in [6.07, 6.45) is 0.0138. The number of ether oxygens (including phenoxy) is 2. The molecule has 25 heavy (non-hydrogen) atoms. The van der Waals surface area contributed by atoms with Gasteiger partial charge in [-0.25, -0.2) is 0 Å². The molecular formula is C23H24O2. The SMILES string of the molecule is Cc1ccc(COc2ccc(OC(C)c3ccc(C)cc3)cc2)cc1. The number of benzene rings is 3. The molecule has 128 valence electrons. The van der Waals surface area contributed by atoms with Crippen molar-refractivity contribution in [3.05, 3.63) is 95.1 Å². The van der Waals surface area contributed by atoms with Crippen LogP contribution in [0.15, 0.2) is 72.8 Å². The van der Waals surface area contributed by atoms with Crippen LogP contribution in [0.25, 0.3) is 0 Å². The van der Waals surface area contributed by atoms with Crippen LogP contribution in [-0.4, -0.2) is 0 Å². The highest BCUT2D eigenvalue weighted by atomic mass is 16.5. The first kappa shape index (κ1) is 17.1. The van der Waals surface area contributed by atoms with E-state index < -0.39 is 0 Å². The molecule has 0 spiro atoms. The second kappa shape index (κ2) is 7.89. The molecule has 0 saturated heterocycles. The topological polar surface area (TPSA) is 18.5 Å². The summed E-state index contributed by atoms with van der Waals surface area (Å²) in [5.74, 6) is 1.69. The standard InChI is InChI=1S/C23H24O2/c1-17-4-8-20(9-5-17)16-24-22-12-14-23(15-13-22)25-19(3)21-10-6-18(2)7-11-21/h4-15,19H,16H2,1-3H3. The second-order valence-electron chi connectivity index (χ2n) is 6.42. The minimum Gasteiger partial charge on any atom is -0.489 e. The van der Waals surface area contributed by atoms with Crippen LogP contribution < -0.4 is 9.47 Å². The molecule has 0 radical (unpaired) electrons. The zero-order chi connectivity index (χ0) is 17.6. The summed E-state index contributed by atoms with van der Waals surface area (Å²) in [6.45, 7) is 6.80. The molecule has 0 fully saturated rings. The van der Waals surface area contributed by atoms with E-state index in [9.17, 15) is 0 Å². The number of hydrogen-bond donors (Lipinski definition) is 0. The third-order valence-corrected chi connectivity index (χ3v) is 4.21. The van der Waals surface area contributed by atoms with Gasteiger partial charge in [0, 0.05) is 0 Å². The summed E-state index contributed by atoms with van der Waals surface area (Å²) in [4.78, 5) is 0. The van der Waals surface area contributed by atoms with Crippen LogP contribution in [-0.2, 0) is 6.61 Å². The van der Waals surface area contributed by atoms with E-state index in [4.69, 9.17) is 9.47 Å². The Bertz CT molecular complexity index is 787. The molecule has 0 aliphatic rings. The molecule has 0 aliphatic carbocycles. The molecule has 1 atom stereocenters. The summed E-state index contributed by atoms with van der Waals surface area (Å²) >= 11 is 0. The van der Waals surface area contributed by atoms with Crippen molar-refractivity contribution in [1.29, 1.82) is 0 Å². The fraction of sp³-hybridized carbons (Fsp3) is 0.217. The predicted molar refractivity (Wildman–Crippen MR) is 102 cm³/mol. The van der Waals surface area contributed by atoms with Crippen molar-refractivity contribution in [2.45, 2.75) is 33.5 Å². The highest BCUT2D eigenvalue weighted by Crippen LogP contribution is 2.24. The normalized spacial score (nSPS) is 11.8. The van der Waals surface area contributed by atoms with E-state index in [1.54, 1.807) is 0 Å². The monoisotopic (exact) mass is 332 g/mol. The smallest absolute Gasteiger partial charge is 0.121 e. The van der Waals surface area contributed by atoms with E-state index in [2.05, 4.69) is 69.3 Å². The van der Waals surface area contributed by atoms with Crippen LogP contribution in [0, 0.1) is 13.8 Å². The molecule has 2 nitrogen and oxygen atoms in total. The van der Waals surface area contributed by atoms with Gasteiger partial charge in [0.25, 0.3) is 0 Å². The van der Waals surface area contributed by atoms with Crippen LogP contribution in [0.1, 0.15) is 35.3 Å². The van der Waals surface area contributed by atoms with Crippen molar-refractivity contribution >= 4 is 0 Å². The van der Waals surface area contributed by atoms with E-state index in [1.807, 2.05) is 24.3 Å². The van der Waals surface area contributed by atoms with Crippen molar-refractivity contribution < 1.29 is 9.47 Å². The van der Waals surface area contributed by atoms with Gasteiger partial charge in [0.05, 0.1) is 0 Å². The molecule has 3 aromatic rings. The van der Waals surface area contributed by atoms with E-state index in [-0.39, 0.29) is 6.10 Å². The summed E-state index contributed by atoms with van der Waals surface area (Å²) in [5, 5.41) is 0. The summed E-state index contributed by atoms with van der Waals surface area (Å²) in [6, 6.07) is 24.6. The van der Waals surface area contributed by atoms with Crippen LogP contribution in [0.4, 0.5) is 0 Å². The van der Waals surface area contributed by atoms with Crippen LogP contribution in [0.5, 0.6) is 11.5 Å². The molecule has 2 heteroatoms. The predicted octanol–water partition coefficient (Wildman–Crippen LogP) is 6.02. The van der Waals surface area contributed by atoms with Crippen molar-refractivity contribution in [3.63, 3.8) is 0 Å². The van der Waals surface area contributed by atoms with Gasteiger partial charge < -0.3 is 9.47 Å². The first-order valence-corrected chi connectivity index (χ1v) is 8.62. The molecule has 0 heterocycles. The van der Waals surface area contributed by atoms with Gasteiger partial charge in [-0.2, -0.15) is 0 Å². The van der Waals surface area contributed by atoms with Gasteiger partial charge in [-0.05, 0) is 56.2 Å². The lowest BCUT2D eigenvalue weighted by Crippen LogP contribution is -2.03. The molecule has 0 N–H and O–H groups in total. The summed E-state index contributed by atoms with van der Waals surface area (Å²) in [7, 11) is 0. The molecule has 0 aromatic heterocycles. The Kier molecular flexibility index (Phi) is 5.39. The van der Waals surface area contributed by atoms with Crippen molar-refractivity contribution in [2.24, 2.45) is 0 Å². The third kappa shape index (κ3) is 4.87. The molecule has 0 bridgehead atoms. The lowest BCUT2D eigenvalue weighted by molar-refractivity contribution is 0.226. The minimum atomic E-state index is 0.0138. The van der Waals surface area contributed by atoms with Crippen LogP contribution in [0.3, 0.4) is 0 Å². The van der Waals surface area contributed by atoms with Crippen molar-refractivity contribution in [2.75, 3.05) is 0 Å². The molecule has 0 amide bonds. The Morgan fingerprint density at radius 2 is 1.20 bits per heavy atom. The maximum atomic E-state index is 6.02. The molecular weight excluding hydrogens is 308 g/mol. The largest absolute Gasteiger partial charge is 0.489 e. The van der Waals surface area contributed by atoms with Gasteiger partial charge in [0.15, 0.2) is 0 Å². The number of rotatable bonds is 6. The van der Waals surface area contributed by atoms with Gasteiger partial charge in [-0.3, -0.25) is 0 Å². The molecule has 1 unspecified atom stereocenters. The Balaban J connectivity index is 1.56. The van der Waals surface area contributed by atoms with Gasteiger partial charge >= 0.3 is 0 Å². The Hall–Kier alpha value is -2.74. The van der Waals surface area contributed by atoms with E-state index >= 15 is 0 Å². The maximum absolute atomic E-state index is 6.02. The first-order chi connectivity index (χ1) is 12.1. The van der Waals surface area contributed by atoms with Crippen molar-refractivity contribution in [1.82, 2.24) is 0 Å².